The number of hydrogen-bond acceptors (Lipinski definition) is 10. The van der Waals surface area contributed by atoms with Gasteiger partial charge < -0.3 is 49.5 Å². The van der Waals surface area contributed by atoms with Crippen molar-refractivity contribution in [3.8, 4) is 0 Å². The third kappa shape index (κ3) is 6.67. The fourth-order valence-corrected chi connectivity index (χ4v) is 6.07. The van der Waals surface area contributed by atoms with E-state index in [2.05, 4.69) is 0 Å². The van der Waals surface area contributed by atoms with Gasteiger partial charge in [0.25, 0.3) is 0 Å². The number of hydrogen-bond donors (Lipinski definition) is 7. The first kappa shape index (κ1) is 32.0. The predicted molar refractivity (Wildman–Crippen MR) is 128 cm³/mol. The van der Waals surface area contributed by atoms with Crippen molar-refractivity contribution in [1.29, 1.82) is 0 Å². The Morgan fingerprint density at radius 2 is 1.75 bits per heavy atom. The van der Waals surface area contributed by atoms with Crippen LogP contribution in [-0.2, 0) is 23.3 Å². The maximum atomic E-state index is 12.0. The quantitative estimate of drug-likeness (QED) is 0.165. The van der Waals surface area contributed by atoms with E-state index in [0.29, 0.717) is 0 Å². The molecule has 0 radical (unpaired) electrons. The van der Waals surface area contributed by atoms with Crippen LogP contribution in [0.4, 0.5) is 0 Å². The molecule has 1 spiro atoms. The normalized spacial score (nSPS) is 37.0. The molecule has 36 heavy (non-hydrogen) atoms. The standard InChI is InChI=1S/C23H45O12P/c1-12(11-25)19(28)14(3)15(26)9-18(32-6)20-21(35-36(29,30)31)22(4,5)23(34-20)10-16(27)13(2)17(33-23)7-8-24/h12-21,24-28H,7-11H2,1-6H3,(H2,29,30,31)/t12?,13-,14?,15-,16+,17?,18-,19+,20+,21-,23?/m0/s1. The van der Waals surface area contributed by atoms with Crippen LogP contribution >= 0.6 is 7.82 Å². The monoisotopic (exact) mass is 544 g/mol. The maximum absolute atomic E-state index is 12.0. The van der Waals surface area contributed by atoms with Crippen molar-refractivity contribution in [2.45, 2.75) is 102 Å². The van der Waals surface area contributed by atoms with Gasteiger partial charge in [-0.2, -0.15) is 0 Å². The van der Waals surface area contributed by atoms with Crippen LogP contribution in [0, 0.1) is 23.2 Å². The van der Waals surface area contributed by atoms with Crippen LogP contribution < -0.4 is 0 Å². The Labute approximate surface area is 212 Å². The van der Waals surface area contributed by atoms with Crippen molar-refractivity contribution in [2.24, 2.45) is 23.2 Å². The maximum Gasteiger partial charge on any atom is 0.469 e. The summed E-state index contributed by atoms with van der Waals surface area (Å²) in [5.74, 6) is -2.98. The smallest absolute Gasteiger partial charge is 0.396 e. The zero-order chi connectivity index (χ0) is 27.6. The molecule has 0 saturated carbocycles. The van der Waals surface area contributed by atoms with Crippen molar-refractivity contribution >= 4 is 7.82 Å². The second kappa shape index (κ2) is 12.3. The van der Waals surface area contributed by atoms with E-state index in [4.69, 9.17) is 18.7 Å². The summed E-state index contributed by atoms with van der Waals surface area (Å²) >= 11 is 0. The number of phosphoric ester groups is 1. The van der Waals surface area contributed by atoms with E-state index in [1.54, 1.807) is 34.6 Å². The van der Waals surface area contributed by atoms with E-state index in [1.807, 2.05) is 0 Å². The lowest BCUT2D eigenvalue weighted by Gasteiger charge is -2.50. The second-order valence-corrected chi connectivity index (χ2v) is 12.2. The van der Waals surface area contributed by atoms with Crippen LogP contribution in [0.25, 0.3) is 0 Å². The number of methoxy groups -OCH3 is 1. The highest BCUT2D eigenvalue weighted by atomic mass is 31.2. The Bertz CT molecular complexity index is 747. The third-order valence-corrected chi connectivity index (χ3v) is 8.66. The van der Waals surface area contributed by atoms with E-state index in [-0.39, 0.29) is 38.4 Å². The molecule has 0 amide bonds. The number of ether oxygens (including phenoxy) is 3. The van der Waals surface area contributed by atoms with Crippen molar-refractivity contribution in [1.82, 2.24) is 0 Å². The van der Waals surface area contributed by atoms with Crippen LogP contribution in [0.3, 0.4) is 0 Å². The summed E-state index contributed by atoms with van der Waals surface area (Å²) in [6.07, 6.45) is -6.78. The second-order valence-electron chi connectivity index (χ2n) is 11.0. The molecule has 2 heterocycles. The van der Waals surface area contributed by atoms with E-state index < -0.39 is 73.6 Å². The summed E-state index contributed by atoms with van der Waals surface area (Å²) in [4.78, 5) is 19.4. The predicted octanol–water partition coefficient (Wildman–Crippen LogP) is 0.145. The van der Waals surface area contributed by atoms with Crippen LogP contribution in [-0.4, -0.2) is 104 Å². The van der Waals surface area contributed by atoms with Crippen molar-refractivity contribution < 1.29 is 58.6 Å². The molecule has 11 atom stereocenters. The van der Waals surface area contributed by atoms with E-state index >= 15 is 0 Å². The summed E-state index contributed by atoms with van der Waals surface area (Å²) in [6.45, 7) is 7.92. The van der Waals surface area contributed by atoms with E-state index in [9.17, 15) is 39.9 Å². The number of aliphatic hydroxyl groups excluding tert-OH is 5. The van der Waals surface area contributed by atoms with E-state index in [1.165, 1.54) is 7.11 Å². The first-order valence-corrected chi connectivity index (χ1v) is 14.0. The van der Waals surface area contributed by atoms with Gasteiger partial charge in [-0.15, -0.1) is 0 Å². The molecule has 2 rings (SSSR count). The van der Waals surface area contributed by atoms with Crippen LogP contribution in [0.1, 0.15) is 53.9 Å². The fourth-order valence-electron chi connectivity index (χ4n) is 5.39. The molecular weight excluding hydrogens is 499 g/mol. The van der Waals surface area contributed by atoms with Gasteiger partial charge in [0, 0.05) is 56.3 Å². The molecule has 12 nitrogen and oxygen atoms in total. The lowest BCUT2D eigenvalue weighted by atomic mass is 9.72. The summed E-state index contributed by atoms with van der Waals surface area (Å²) in [5, 5.41) is 51.0. The summed E-state index contributed by atoms with van der Waals surface area (Å²) in [5.41, 5.74) is -1.20. The highest BCUT2D eigenvalue weighted by Gasteiger charge is 2.67. The molecule has 2 aliphatic rings. The van der Waals surface area contributed by atoms with Crippen molar-refractivity contribution in [2.75, 3.05) is 20.3 Å². The average Bonchev–Trinajstić information content (AvgIpc) is 2.99. The Balaban J connectivity index is 2.42. The van der Waals surface area contributed by atoms with Crippen LogP contribution in [0.5, 0.6) is 0 Å². The van der Waals surface area contributed by atoms with Gasteiger partial charge in [-0.3, -0.25) is 4.52 Å². The molecular formula is C23H45O12P. The topological polar surface area (TPSA) is 196 Å². The Morgan fingerprint density at radius 1 is 1.14 bits per heavy atom. The molecule has 7 N–H and O–H groups in total. The first-order valence-electron chi connectivity index (χ1n) is 12.4. The third-order valence-electron chi connectivity index (χ3n) is 8.15. The lowest BCUT2D eigenvalue weighted by molar-refractivity contribution is -0.336. The van der Waals surface area contributed by atoms with Crippen molar-refractivity contribution in [3.05, 3.63) is 0 Å². The van der Waals surface area contributed by atoms with Gasteiger partial charge in [-0.25, -0.2) is 4.57 Å². The van der Waals surface area contributed by atoms with Crippen LogP contribution in [0.15, 0.2) is 0 Å². The number of aliphatic hydroxyl groups is 5. The first-order chi connectivity index (χ1) is 16.5. The van der Waals surface area contributed by atoms with Gasteiger partial charge in [0.1, 0.15) is 12.2 Å². The summed E-state index contributed by atoms with van der Waals surface area (Å²) in [6, 6.07) is 0. The average molecular weight is 545 g/mol. The van der Waals surface area contributed by atoms with Gasteiger partial charge in [0.2, 0.25) is 0 Å². The minimum absolute atomic E-state index is 0.0112. The molecule has 13 heteroatoms. The molecule has 2 aliphatic heterocycles. The summed E-state index contributed by atoms with van der Waals surface area (Å²) < 4.78 is 35.5. The highest BCUT2D eigenvalue weighted by Crippen LogP contribution is 2.58. The molecule has 0 aromatic heterocycles. The highest BCUT2D eigenvalue weighted by molar-refractivity contribution is 7.46. The molecule has 0 aromatic rings. The lowest BCUT2D eigenvalue weighted by Crippen LogP contribution is -2.58. The molecule has 2 fully saturated rings. The zero-order valence-corrected chi connectivity index (χ0v) is 22.8. The van der Waals surface area contributed by atoms with Crippen LogP contribution in [0.2, 0.25) is 0 Å². The summed E-state index contributed by atoms with van der Waals surface area (Å²) in [7, 11) is -3.66. The molecule has 0 aromatic carbocycles. The van der Waals surface area contributed by atoms with Gasteiger partial charge in [-0.05, 0) is 6.42 Å². The SMILES string of the molecule is CO[C@@H](C[C@H](O)C(C)[C@H](O)C(C)CO)[C@H]1OC2(C[C@@H](O)[C@H](C)C(CCO)O2)C(C)(C)[C@H]1OP(=O)(O)O. The number of rotatable bonds is 12. The molecule has 4 unspecified atom stereocenters. The number of phosphoric acid groups is 1. The van der Waals surface area contributed by atoms with E-state index in [0.717, 1.165) is 0 Å². The van der Waals surface area contributed by atoms with Gasteiger partial charge in [0.05, 0.1) is 30.5 Å². The Morgan fingerprint density at radius 3 is 2.25 bits per heavy atom. The molecule has 0 bridgehead atoms. The largest absolute Gasteiger partial charge is 0.469 e. The van der Waals surface area contributed by atoms with Crippen molar-refractivity contribution in [3.63, 3.8) is 0 Å². The van der Waals surface area contributed by atoms with Gasteiger partial charge in [-0.1, -0.05) is 34.6 Å². The molecule has 214 valence electrons. The Hall–Kier alpha value is -0.210. The van der Waals surface area contributed by atoms with Gasteiger partial charge >= 0.3 is 7.82 Å². The minimum Gasteiger partial charge on any atom is -0.396 e. The fraction of sp³-hybridized carbons (Fsp3) is 1.00. The Kier molecular flexibility index (Phi) is 10.9. The minimum atomic E-state index is -5.02. The molecule has 0 aliphatic carbocycles. The zero-order valence-electron chi connectivity index (χ0n) is 21.9. The molecule has 2 saturated heterocycles. The van der Waals surface area contributed by atoms with Gasteiger partial charge in [0.15, 0.2) is 5.79 Å².